The molecule has 0 saturated heterocycles. The quantitative estimate of drug-likeness (QED) is 0.808. The maximum atomic E-state index is 11.9. The van der Waals surface area contributed by atoms with Crippen LogP contribution in [0.25, 0.3) is 0 Å². The highest BCUT2D eigenvalue weighted by Gasteiger charge is 2.12. The van der Waals surface area contributed by atoms with E-state index >= 15 is 0 Å². The zero-order chi connectivity index (χ0) is 14.0. The van der Waals surface area contributed by atoms with Gasteiger partial charge >= 0.3 is 5.97 Å². The molecule has 0 spiro atoms. The number of aromatic nitrogens is 2. The van der Waals surface area contributed by atoms with Crippen LogP contribution in [0.1, 0.15) is 26.4 Å². The lowest BCUT2D eigenvalue weighted by atomic mass is 10.1. The fourth-order valence-electron chi connectivity index (χ4n) is 1.42. The van der Waals surface area contributed by atoms with Crippen LogP contribution < -0.4 is 5.32 Å². The normalized spacial score (nSPS) is 10.2. The van der Waals surface area contributed by atoms with Crippen molar-refractivity contribution in [2.24, 2.45) is 0 Å². The Morgan fingerprint density at radius 1 is 1.37 bits per heavy atom. The summed E-state index contributed by atoms with van der Waals surface area (Å²) in [5.41, 5.74) is 1.39. The fourth-order valence-corrected chi connectivity index (χ4v) is 1.80. The average molecular weight is 324 g/mol. The number of aromatic amines is 1. The standard InChI is InChI=1S/C12H10BrN3O3/c1-6-2-3-7(4-8(6)13)11(17)14-10-5-9(12(18)19)15-16-10/h2-5H,1H3,(H,18,19)(H2,14,15,16,17). The molecule has 0 fully saturated rings. The number of carbonyl (C=O) groups excluding carboxylic acids is 1. The summed E-state index contributed by atoms with van der Waals surface area (Å²) in [5.74, 6) is -1.32. The molecule has 0 radical (unpaired) electrons. The van der Waals surface area contributed by atoms with Crippen molar-refractivity contribution >= 4 is 33.6 Å². The number of carbonyl (C=O) groups is 2. The molecule has 2 aromatic rings. The zero-order valence-electron chi connectivity index (χ0n) is 9.90. The maximum absolute atomic E-state index is 11.9. The number of anilines is 1. The molecule has 0 aliphatic carbocycles. The highest BCUT2D eigenvalue weighted by Crippen LogP contribution is 2.18. The minimum absolute atomic E-state index is 0.0830. The van der Waals surface area contributed by atoms with Crippen molar-refractivity contribution in [1.29, 1.82) is 0 Å². The molecule has 7 heteroatoms. The van der Waals surface area contributed by atoms with Crippen LogP contribution in [0.15, 0.2) is 28.7 Å². The molecule has 1 aromatic heterocycles. The van der Waals surface area contributed by atoms with Gasteiger partial charge < -0.3 is 10.4 Å². The molecule has 0 aliphatic heterocycles. The first-order valence-corrected chi connectivity index (χ1v) is 6.13. The second-order valence-corrected chi connectivity index (χ2v) is 4.74. The third-order valence-electron chi connectivity index (χ3n) is 2.48. The van der Waals surface area contributed by atoms with Crippen LogP contribution >= 0.6 is 15.9 Å². The molecule has 0 unspecified atom stereocenters. The van der Waals surface area contributed by atoms with E-state index in [9.17, 15) is 9.59 Å². The Labute approximate surface area is 117 Å². The summed E-state index contributed by atoms with van der Waals surface area (Å²) in [6.07, 6.45) is 0. The average Bonchev–Trinajstić information content (AvgIpc) is 2.81. The number of amides is 1. The lowest BCUT2D eigenvalue weighted by Gasteiger charge is -2.04. The Balaban J connectivity index is 2.15. The molecule has 2 rings (SSSR count). The molecule has 1 aromatic carbocycles. The summed E-state index contributed by atoms with van der Waals surface area (Å²) in [6.45, 7) is 1.92. The third kappa shape index (κ3) is 3.00. The first kappa shape index (κ1) is 13.3. The van der Waals surface area contributed by atoms with Gasteiger partial charge in [0, 0.05) is 16.1 Å². The van der Waals surface area contributed by atoms with Crippen LogP contribution in [-0.4, -0.2) is 27.2 Å². The van der Waals surface area contributed by atoms with Crippen molar-refractivity contribution in [2.45, 2.75) is 6.92 Å². The Kier molecular flexibility index (Phi) is 3.66. The minimum Gasteiger partial charge on any atom is -0.477 e. The highest BCUT2D eigenvalue weighted by molar-refractivity contribution is 9.10. The predicted molar refractivity (Wildman–Crippen MR) is 72.4 cm³/mol. The van der Waals surface area contributed by atoms with Crippen molar-refractivity contribution in [3.05, 3.63) is 45.6 Å². The van der Waals surface area contributed by atoms with Crippen molar-refractivity contribution in [2.75, 3.05) is 5.32 Å². The number of rotatable bonds is 3. The van der Waals surface area contributed by atoms with Crippen molar-refractivity contribution in [3.63, 3.8) is 0 Å². The van der Waals surface area contributed by atoms with E-state index < -0.39 is 5.97 Å². The first-order chi connectivity index (χ1) is 8.97. The largest absolute Gasteiger partial charge is 0.477 e. The Morgan fingerprint density at radius 3 is 2.68 bits per heavy atom. The molecule has 0 saturated carbocycles. The van der Waals surface area contributed by atoms with Gasteiger partial charge in [0.05, 0.1) is 0 Å². The number of aryl methyl sites for hydroxylation is 1. The number of H-pyrrole nitrogens is 1. The number of carboxylic acids is 1. The predicted octanol–water partition coefficient (Wildman–Crippen LogP) is 2.43. The molecular formula is C12H10BrN3O3. The lowest BCUT2D eigenvalue weighted by Crippen LogP contribution is -2.12. The summed E-state index contributed by atoms with van der Waals surface area (Å²) < 4.78 is 0.827. The summed E-state index contributed by atoms with van der Waals surface area (Å²) in [6, 6.07) is 6.44. The van der Waals surface area contributed by atoms with E-state index in [4.69, 9.17) is 5.11 Å². The van der Waals surface area contributed by atoms with Crippen LogP contribution in [0, 0.1) is 6.92 Å². The van der Waals surface area contributed by atoms with E-state index in [-0.39, 0.29) is 17.4 Å². The third-order valence-corrected chi connectivity index (χ3v) is 3.34. The molecule has 6 nitrogen and oxygen atoms in total. The second-order valence-electron chi connectivity index (χ2n) is 3.89. The van der Waals surface area contributed by atoms with Crippen molar-refractivity contribution in [3.8, 4) is 0 Å². The van der Waals surface area contributed by atoms with E-state index in [2.05, 4.69) is 31.4 Å². The molecular weight excluding hydrogens is 314 g/mol. The van der Waals surface area contributed by atoms with Crippen LogP contribution in [0.4, 0.5) is 5.82 Å². The number of hydrogen-bond donors (Lipinski definition) is 3. The van der Waals surface area contributed by atoms with E-state index in [1.165, 1.54) is 6.07 Å². The van der Waals surface area contributed by atoms with Crippen LogP contribution in [0.5, 0.6) is 0 Å². The molecule has 0 aliphatic rings. The van der Waals surface area contributed by atoms with E-state index in [1.807, 2.05) is 13.0 Å². The Bertz CT molecular complexity index is 651. The SMILES string of the molecule is Cc1ccc(C(=O)Nc2cc(C(=O)O)[nH]n2)cc1Br. The number of nitrogens with zero attached hydrogens (tertiary/aromatic N) is 1. The summed E-state index contributed by atoms with van der Waals surface area (Å²) in [7, 11) is 0. The van der Waals surface area contributed by atoms with Crippen LogP contribution in [0.3, 0.4) is 0 Å². The highest BCUT2D eigenvalue weighted by atomic mass is 79.9. The van der Waals surface area contributed by atoms with Gasteiger partial charge in [-0.25, -0.2) is 4.79 Å². The number of halogens is 1. The number of benzene rings is 1. The van der Waals surface area contributed by atoms with Gasteiger partial charge in [0.1, 0.15) is 5.69 Å². The summed E-state index contributed by atoms with van der Waals surface area (Å²) >= 11 is 3.34. The van der Waals surface area contributed by atoms with Gasteiger partial charge in [-0.15, -0.1) is 0 Å². The lowest BCUT2D eigenvalue weighted by molar-refractivity contribution is 0.0690. The number of carboxylic acid groups (broad SMARTS) is 1. The fraction of sp³-hybridized carbons (Fsp3) is 0.0833. The van der Waals surface area contributed by atoms with Gasteiger partial charge in [0.15, 0.2) is 5.82 Å². The summed E-state index contributed by atoms with van der Waals surface area (Å²) in [5, 5.41) is 17.2. The molecule has 98 valence electrons. The number of hydrogen-bond acceptors (Lipinski definition) is 3. The van der Waals surface area contributed by atoms with E-state index in [0.717, 1.165) is 10.0 Å². The van der Waals surface area contributed by atoms with Gasteiger partial charge in [-0.3, -0.25) is 9.89 Å². The van der Waals surface area contributed by atoms with Gasteiger partial charge in [-0.1, -0.05) is 22.0 Å². The molecule has 0 atom stereocenters. The molecule has 1 amide bonds. The second kappa shape index (κ2) is 5.23. The topological polar surface area (TPSA) is 95.1 Å². The number of aromatic carboxylic acids is 1. The smallest absolute Gasteiger partial charge is 0.353 e. The Morgan fingerprint density at radius 2 is 2.11 bits per heavy atom. The van der Waals surface area contributed by atoms with Crippen LogP contribution in [-0.2, 0) is 0 Å². The van der Waals surface area contributed by atoms with E-state index in [1.54, 1.807) is 12.1 Å². The van der Waals surface area contributed by atoms with Crippen LogP contribution in [0.2, 0.25) is 0 Å². The summed E-state index contributed by atoms with van der Waals surface area (Å²) in [4.78, 5) is 22.6. The van der Waals surface area contributed by atoms with Gasteiger partial charge in [-0.2, -0.15) is 5.10 Å². The van der Waals surface area contributed by atoms with Crippen molar-refractivity contribution in [1.82, 2.24) is 10.2 Å². The van der Waals surface area contributed by atoms with Gasteiger partial charge in [0.2, 0.25) is 0 Å². The van der Waals surface area contributed by atoms with Gasteiger partial charge in [0.25, 0.3) is 5.91 Å². The number of nitrogens with one attached hydrogen (secondary N) is 2. The Hall–Kier alpha value is -2.15. The molecule has 0 bridgehead atoms. The molecule has 1 heterocycles. The minimum atomic E-state index is -1.13. The van der Waals surface area contributed by atoms with E-state index in [0.29, 0.717) is 5.56 Å². The zero-order valence-corrected chi connectivity index (χ0v) is 11.5. The van der Waals surface area contributed by atoms with Gasteiger partial charge in [-0.05, 0) is 24.6 Å². The maximum Gasteiger partial charge on any atom is 0.353 e. The first-order valence-electron chi connectivity index (χ1n) is 5.33. The van der Waals surface area contributed by atoms with Crippen molar-refractivity contribution < 1.29 is 14.7 Å². The monoisotopic (exact) mass is 323 g/mol. The molecule has 19 heavy (non-hydrogen) atoms. The molecule has 3 N–H and O–H groups in total.